The van der Waals surface area contributed by atoms with E-state index in [-0.39, 0.29) is 11.8 Å². The number of rotatable bonds is 7. The van der Waals surface area contributed by atoms with Gasteiger partial charge < -0.3 is 19.1 Å². The highest BCUT2D eigenvalue weighted by Gasteiger charge is 2.27. The monoisotopic (exact) mass is 384 g/mol. The summed E-state index contributed by atoms with van der Waals surface area (Å²) in [6.45, 7) is 8.15. The highest BCUT2D eigenvalue weighted by Crippen LogP contribution is 2.17. The van der Waals surface area contributed by atoms with Crippen LogP contribution in [0, 0.1) is 0 Å². The summed E-state index contributed by atoms with van der Waals surface area (Å²) in [5.41, 5.74) is 0.646. The molecule has 1 saturated heterocycles. The van der Waals surface area contributed by atoms with Gasteiger partial charge in [-0.1, -0.05) is 13.8 Å². The normalized spacial score (nSPS) is 14.2. The average Bonchev–Trinajstić information content (AvgIpc) is 3.28. The third-order valence-corrected chi connectivity index (χ3v) is 4.89. The van der Waals surface area contributed by atoms with Crippen molar-refractivity contribution < 1.29 is 14.0 Å². The maximum Gasteiger partial charge on any atom is 0.289 e. The molecular formula is C21H28N4O3. The van der Waals surface area contributed by atoms with Crippen LogP contribution in [0.1, 0.15) is 47.6 Å². The molecule has 1 aliphatic rings. The number of hydrogen-bond acceptors (Lipinski definition) is 5. The fraction of sp³-hybridized carbons (Fsp3) is 0.476. The van der Waals surface area contributed by atoms with Crippen molar-refractivity contribution in [3.63, 3.8) is 0 Å². The van der Waals surface area contributed by atoms with Crippen molar-refractivity contribution >= 4 is 17.6 Å². The van der Waals surface area contributed by atoms with E-state index in [9.17, 15) is 9.59 Å². The van der Waals surface area contributed by atoms with Gasteiger partial charge in [0.25, 0.3) is 11.8 Å². The molecule has 3 heterocycles. The van der Waals surface area contributed by atoms with Gasteiger partial charge in [-0.25, -0.2) is 4.98 Å². The van der Waals surface area contributed by atoms with Crippen molar-refractivity contribution in [1.29, 1.82) is 0 Å². The van der Waals surface area contributed by atoms with Gasteiger partial charge in [0.15, 0.2) is 5.76 Å². The summed E-state index contributed by atoms with van der Waals surface area (Å²) >= 11 is 0. The van der Waals surface area contributed by atoms with Crippen LogP contribution in [-0.4, -0.2) is 65.9 Å². The minimum Gasteiger partial charge on any atom is -0.459 e. The van der Waals surface area contributed by atoms with Gasteiger partial charge in [-0.3, -0.25) is 9.59 Å². The first-order chi connectivity index (χ1) is 13.6. The number of carbonyl (C=O) groups excluding carboxylic acids is 2. The summed E-state index contributed by atoms with van der Waals surface area (Å²) in [4.78, 5) is 35.5. The first-order valence-electron chi connectivity index (χ1n) is 9.97. The highest BCUT2D eigenvalue weighted by atomic mass is 16.3. The fourth-order valence-corrected chi connectivity index (χ4v) is 3.46. The molecule has 3 rings (SSSR count). The van der Waals surface area contributed by atoms with E-state index in [2.05, 4.69) is 23.7 Å². The molecule has 0 atom stereocenters. The summed E-state index contributed by atoms with van der Waals surface area (Å²) in [6, 6.07) is 7.02. The van der Waals surface area contributed by atoms with E-state index in [0.29, 0.717) is 37.5 Å². The van der Waals surface area contributed by atoms with Crippen molar-refractivity contribution in [3.8, 4) is 0 Å². The summed E-state index contributed by atoms with van der Waals surface area (Å²) in [7, 11) is 0. The highest BCUT2D eigenvalue weighted by molar-refractivity contribution is 5.95. The predicted molar refractivity (Wildman–Crippen MR) is 108 cm³/mol. The molecule has 150 valence electrons. The maximum absolute atomic E-state index is 13.0. The summed E-state index contributed by atoms with van der Waals surface area (Å²) in [5.74, 6) is 1.05. The Labute approximate surface area is 165 Å². The standard InChI is InChI=1S/C21H28N4O3/c1-3-9-23(10-4-2)19-16-17(7-8-22-19)20(26)24-11-13-25(14-12-24)21(27)18-6-5-15-28-18/h5-8,15-16H,3-4,9-14H2,1-2H3. The molecular weight excluding hydrogens is 356 g/mol. The number of aromatic nitrogens is 1. The van der Waals surface area contributed by atoms with E-state index >= 15 is 0 Å². The third kappa shape index (κ3) is 4.52. The molecule has 2 aromatic heterocycles. The number of hydrogen-bond donors (Lipinski definition) is 0. The van der Waals surface area contributed by atoms with Crippen molar-refractivity contribution in [2.75, 3.05) is 44.2 Å². The second kappa shape index (κ2) is 9.39. The molecule has 0 aromatic carbocycles. The van der Waals surface area contributed by atoms with Crippen molar-refractivity contribution in [1.82, 2.24) is 14.8 Å². The van der Waals surface area contributed by atoms with Crippen LogP contribution in [0.3, 0.4) is 0 Å². The molecule has 1 aliphatic heterocycles. The lowest BCUT2D eigenvalue weighted by Gasteiger charge is -2.34. The van der Waals surface area contributed by atoms with Gasteiger partial charge in [-0.2, -0.15) is 0 Å². The molecule has 7 nitrogen and oxygen atoms in total. The molecule has 0 saturated carbocycles. The molecule has 0 unspecified atom stereocenters. The number of piperazine rings is 1. The lowest BCUT2D eigenvalue weighted by molar-refractivity contribution is 0.0518. The van der Waals surface area contributed by atoms with E-state index in [0.717, 1.165) is 31.7 Å². The number of anilines is 1. The van der Waals surface area contributed by atoms with Crippen LogP contribution in [0.15, 0.2) is 41.1 Å². The fourth-order valence-electron chi connectivity index (χ4n) is 3.46. The van der Waals surface area contributed by atoms with Crippen LogP contribution in [0.2, 0.25) is 0 Å². The Kier molecular flexibility index (Phi) is 6.68. The van der Waals surface area contributed by atoms with Crippen molar-refractivity contribution in [3.05, 3.63) is 48.0 Å². The minimum atomic E-state index is -0.127. The van der Waals surface area contributed by atoms with E-state index < -0.39 is 0 Å². The molecule has 0 radical (unpaired) electrons. The summed E-state index contributed by atoms with van der Waals surface area (Å²) < 4.78 is 5.18. The molecule has 7 heteroatoms. The average molecular weight is 384 g/mol. The molecule has 0 aliphatic carbocycles. The first kappa shape index (κ1) is 19.9. The minimum absolute atomic E-state index is 0.0123. The zero-order valence-electron chi connectivity index (χ0n) is 16.6. The SMILES string of the molecule is CCCN(CCC)c1cc(C(=O)N2CCN(C(=O)c3ccco3)CC2)ccn1. The summed E-state index contributed by atoms with van der Waals surface area (Å²) in [5, 5.41) is 0. The smallest absolute Gasteiger partial charge is 0.289 e. The van der Waals surface area contributed by atoms with Crippen LogP contribution in [0.25, 0.3) is 0 Å². The van der Waals surface area contributed by atoms with E-state index in [1.54, 1.807) is 34.2 Å². The lowest BCUT2D eigenvalue weighted by atomic mass is 10.2. The van der Waals surface area contributed by atoms with Gasteiger partial charge in [0.05, 0.1) is 6.26 Å². The van der Waals surface area contributed by atoms with Gasteiger partial charge in [0.1, 0.15) is 5.82 Å². The van der Waals surface area contributed by atoms with E-state index in [4.69, 9.17) is 4.42 Å². The Morgan fingerprint density at radius 3 is 2.25 bits per heavy atom. The Morgan fingerprint density at radius 1 is 1.04 bits per heavy atom. The summed E-state index contributed by atoms with van der Waals surface area (Å²) in [6.07, 6.45) is 5.27. The Balaban J connectivity index is 1.63. The van der Waals surface area contributed by atoms with Crippen LogP contribution in [-0.2, 0) is 0 Å². The molecule has 0 bridgehead atoms. The zero-order chi connectivity index (χ0) is 19.9. The van der Waals surface area contributed by atoms with Crippen LogP contribution in [0.4, 0.5) is 5.82 Å². The Morgan fingerprint density at radius 2 is 1.68 bits per heavy atom. The van der Waals surface area contributed by atoms with Crippen LogP contribution in [0.5, 0.6) is 0 Å². The van der Waals surface area contributed by atoms with Crippen molar-refractivity contribution in [2.24, 2.45) is 0 Å². The van der Waals surface area contributed by atoms with Gasteiger partial charge in [0.2, 0.25) is 0 Å². The van der Waals surface area contributed by atoms with Gasteiger partial charge in [-0.15, -0.1) is 0 Å². The number of amides is 2. The molecule has 0 spiro atoms. The molecule has 0 N–H and O–H groups in total. The molecule has 2 amide bonds. The van der Waals surface area contributed by atoms with Crippen LogP contribution < -0.4 is 4.90 Å². The largest absolute Gasteiger partial charge is 0.459 e. The number of nitrogens with zero attached hydrogens (tertiary/aromatic N) is 4. The van der Waals surface area contributed by atoms with Gasteiger partial charge in [0, 0.05) is 51.0 Å². The zero-order valence-corrected chi connectivity index (χ0v) is 16.6. The number of furan rings is 1. The lowest BCUT2D eigenvalue weighted by Crippen LogP contribution is -2.50. The molecule has 2 aromatic rings. The second-order valence-electron chi connectivity index (χ2n) is 6.95. The first-order valence-corrected chi connectivity index (χ1v) is 9.97. The van der Waals surface area contributed by atoms with Crippen LogP contribution >= 0.6 is 0 Å². The number of carbonyl (C=O) groups is 2. The Hall–Kier alpha value is -2.83. The van der Waals surface area contributed by atoms with E-state index in [1.165, 1.54) is 6.26 Å². The van der Waals surface area contributed by atoms with Crippen molar-refractivity contribution in [2.45, 2.75) is 26.7 Å². The quantitative estimate of drug-likeness (QED) is 0.734. The number of pyridine rings is 1. The Bertz CT molecular complexity index is 777. The topological polar surface area (TPSA) is 69.9 Å². The third-order valence-electron chi connectivity index (χ3n) is 4.89. The maximum atomic E-state index is 13.0. The molecule has 1 fully saturated rings. The van der Waals surface area contributed by atoms with Gasteiger partial charge >= 0.3 is 0 Å². The molecule has 28 heavy (non-hydrogen) atoms. The van der Waals surface area contributed by atoms with E-state index in [1.807, 2.05) is 6.07 Å². The van der Waals surface area contributed by atoms with Gasteiger partial charge in [-0.05, 0) is 37.1 Å². The second-order valence-corrected chi connectivity index (χ2v) is 6.95. The predicted octanol–water partition coefficient (Wildman–Crippen LogP) is 2.90.